The van der Waals surface area contributed by atoms with Gasteiger partial charge in [0.15, 0.2) is 0 Å². The highest BCUT2D eigenvalue weighted by Crippen LogP contribution is 2.36. The number of fused-ring (bicyclic) bond motifs is 3. The Morgan fingerprint density at radius 2 is 1.94 bits per heavy atom. The predicted octanol–water partition coefficient (Wildman–Crippen LogP) is 2.88. The minimum Gasteiger partial charge on any atom is -0.369 e. The van der Waals surface area contributed by atoms with E-state index in [-0.39, 0.29) is 12.5 Å². The summed E-state index contributed by atoms with van der Waals surface area (Å²) in [5.41, 5.74) is 5.85. The van der Waals surface area contributed by atoms with Gasteiger partial charge in [-0.05, 0) is 30.9 Å². The first kappa shape index (κ1) is 20.9. The van der Waals surface area contributed by atoms with E-state index in [9.17, 15) is 4.79 Å². The van der Waals surface area contributed by atoms with E-state index in [4.69, 9.17) is 0 Å². The van der Waals surface area contributed by atoms with E-state index in [1.807, 2.05) is 15.8 Å². The third-order valence-corrected chi connectivity index (χ3v) is 6.98. The number of nitrogens with zero attached hydrogens (tertiary/aromatic N) is 5. The maximum absolute atomic E-state index is 13.0. The van der Waals surface area contributed by atoms with E-state index in [1.54, 1.807) is 0 Å². The van der Waals surface area contributed by atoms with Gasteiger partial charge in [-0.25, -0.2) is 4.98 Å². The van der Waals surface area contributed by atoms with Crippen LogP contribution in [-0.4, -0.2) is 65.5 Å². The summed E-state index contributed by atoms with van der Waals surface area (Å²) >= 11 is 0. The molecule has 32 heavy (non-hydrogen) atoms. The lowest BCUT2D eigenvalue weighted by atomic mass is 9.93. The first-order valence-electron chi connectivity index (χ1n) is 11.9. The molecule has 1 saturated heterocycles. The van der Waals surface area contributed by atoms with Crippen LogP contribution < -0.4 is 10.2 Å². The number of carbonyl (C=O) groups excluding carboxylic acids is 1. The number of aliphatic imine (C=N–C) groups is 1. The zero-order chi connectivity index (χ0) is 22.1. The van der Waals surface area contributed by atoms with Crippen molar-refractivity contribution in [1.29, 1.82) is 0 Å². The normalized spacial score (nSPS) is 18.8. The van der Waals surface area contributed by atoms with Gasteiger partial charge in [-0.1, -0.05) is 26.0 Å². The summed E-state index contributed by atoms with van der Waals surface area (Å²) in [7, 11) is 0. The Bertz CT molecular complexity index is 1060. The Balaban J connectivity index is 1.54. The topological polar surface area (TPSA) is 65.8 Å². The smallest absolute Gasteiger partial charge is 0.248 e. The van der Waals surface area contributed by atoms with Crippen LogP contribution in [-0.2, 0) is 11.2 Å². The molecule has 0 spiro atoms. The summed E-state index contributed by atoms with van der Waals surface area (Å²) in [6, 6.07) is 6.50. The maximum Gasteiger partial charge on any atom is 0.248 e. The SMILES string of the molecule is CCC(CC)c1cn(C2=NCC(=O)N3CCc4c(cccc4N4CCNCC4)C3=C2)cn1. The maximum atomic E-state index is 13.0. The van der Waals surface area contributed by atoms with E-state index in [0.717, 1.165) is 68.2 Å². The lowest BCUT2D eigenvalue weighted by Gasteiger charge is -2.36. The molecule has 0 unspecified atom stereocenters. The number of rotatable bonds is 4. The number of anilines is 1. The van der Waals surface area contributed by atoms with Crippen LogP contribution in [0.1, 0.15) is 49.4 Å². The van der Waals surface area contributed by atoms with Crippen molar-refractivity contribution in [1.82, 2.24) is 19.8 Å². The average molecular weight is 433 g/mol. The summed E-state index contributed by atoms with van der Waals surface area (Å²) in [5, 5.41) is 3.44. The number of hydrogen-bond acceptors (Lipinski definition) is 5. The molecule has 4 heterocycles. The van der Waals surface area contributed by atoms with Gasteiger partial charge in [0.05, 0.1) is 11.4 Å². The molecule has 1 fully saturated rings. The van der Waals surface area contributed by atoms with Crippen molar-refractivity contribution in [3.05, 3.63) is 53.6 Å². The van der Waals surface area contributed by atoms with E-state index in [0.29, 0.717) is 12.5 Å². The Morgan fingerprint density at radius 3 is 2.72 bits per heavy atom. The Labute approximate surface area is 189 Å². The first-order valence-corrected chi connectivity index (χ1v) is 11.9. The highest BCUT2D eigenvalue weighted by atomic mass is 16.2. The average Bonchev–Trinajstić information content (AvgIpc) is 3.25. The Morgan fingerprint density at radius 1 is 1.12 bits per heavy atom. The third kappa shape index (κ3) is 3.75. The number of amides is 1. The molecule has 0 atom stereocenters. The van der Waals surface area contributed by atoms with Gasteiger partial charge in [0.2, 0.25) is 5.91 Å². The van der Waals surface area contributed by atoms with Crippen LogP contribution in [0.4, 0.5) is 5.69 Å². The van der Waals surface area contributed by atoms with Crippen molar-refractivity contribution in [3.8, 4) is 0 Å². The second-order valence-corrected chi connectivity index (χ2v) is 8.76. The molecule has 7 heteroatoms. The van der Waals surface area contributed by atoms with Crippen LogP contribution in [0.15, 0.2) is 41.8 Å². The summed E-state index contributed by atoms with van der Waals surface area (Å²) in [6.07, 6.45) is 8.99. The zero-order valence-electron chi connectivity index (χ0n) is 19.0. The molecular weight excluding hydrogens is 400 g/mol. The fraction of sp³-hybridized carbons (Fsp3) is 0.480. The second-order valence-electron chi connectivity index (χ2n) is 8.76. The molecule has 0 saturated carbocycles. The standard InChI is InChI=1S/C25H32N6O/c1-3-18(4-2)21-16-30(17-28-21)24-14-23-19-6-5-7-22(29-12-9-26-10-13-29)20(19)8-11-31(23)25(32)15-27-24/h5-7,14,16-18,26H,3-4,8-13,15H2,1-2H3. The molecule has 1 N–H and O–H groups in total. The molecule has 1 aromatic carbocycles. The minimum atomic E-state index is 0.0600. The molecule has 1 amide bonds. The molecular formula is C25H32N6O. The molecule has 0 radical (unpaired) electrons. The number of nitrogens with one attached hydrogen (secondary N) is 1. The van der Waals surface area contributed by atoms with Gasteiger partial charge in [0.1, 0.15) is 18.7 Å². The monoisotopic (exact) mass is 432 g/mol. The Kier molecular flexibility index (Phi) is 5.83. The fourth-order valence-corrected chi connectivity index (χ4v) is 5.12. The Hall–Kier alpha value is -2.93. The lowest BCUT2D eigenvalue weighted by Crippen LogP contribution is -2.44. The molecule has 1 aromatic heterocycles. The van der Waals surface area contributed by atoms with Crippen LogP contribution in [0.2, 0.25) is 0 Å². The largest absolute Gasteiger partial charge is 0.369 e. The van der Waals surface area contributed by atoms with Crippen LogP contribution in [0.5, 0.6) is 0 Å². The highest BCUT2D eigenvalue weighted by Gasteiger charge is 2.30. The summed E-state index contributed by atoms with van der Waals surface area (Å²) < 4.78 is 1.98. The van der Waals surface area contributed by atoms with E-state index >= 15 is 0 Å². The quantitative estimate of drug-likeness (QED) is 0.807. The highest BCUT2D eigenvalue weighted by molar-refractivity contribution is 6.06. The van der Waals surface area contributed by atoms with E-state index in [1.165, 1.54) is 11.3 Å². The van der Waals surface area contributed by atoms with Crippen molar-refractivity contribution in [3.63, 3.8) is 0 Å². The minimum absolute atomic E-state index is 0.0600. The van der Waals surface area contributed by atoms with Crippen LogP contribution in [0.25, 0.3) is 5.70 Å². The van der Waals surface area contributed by atoms with Gasteiger partial charge in [0.25, 0.3) is 0 Å². The number of carbonyl (C=O) groups is 1. The molecule has 3 aliphatic heterocycles. The number of benzene rings is 1. The second kappa shape index (κ2) is 8.90. The predicted molar refractivity (Wildman–Crippen MR) is 128 cm³/mol. The fourth-order valence-electron chi connectivity index (χ4n) is 5.12. The van der Waals surface area contributed by atoms with Gasteiger partial charge in [-0.3, -0.25) is 14.4 Å². The van der Waals surface area contributed by atoms with Gasteiger partial charge >= 0.3 is 0 Å². The molecule has 3 aliphatic rings. The summed E-state index contributed by atoms with van der Waals surface area (Å²) in [6.45, 7) is 9.30. The van der Waals surface area contributed by atoms with Gasteiger partial charge in [-0.15, -0.1) is 0 Å². The van der Waals surface area contributed by atoms with Gasteiger partial charge < -0.3 is 15.1 Å². The first-order chi connectivity index (χ1) is 15.7. The summed E-state index contributed by atoms with van der Waals surface area (Å²) in [4.78, 5) is 26.7. The van der Waals surface area contributed by atoms with Gasteiger partial charge in [-0.2, -0.15) is 0 Å². The number of piperazine rings is 1. The van der Waals surface area contributed by atoms with Crippen molar-refractivity contribution in [2.24, 2.45) is 4.99 Å². The van der Waals surface area contributed by atoms with Crippen LogP contribution >= 0.6 is 0 Å². The lowest BCUT2D eigenvalue weighted by molar-refractivity contribution is -0.126. The van der Waals surface area contributed by atoms with Crippen LogP contribution in [0.3, 0.4) is 0 Å². The van der Waals surface area contributed by atoms with E-state index < -0.39 is 0 Å². The van der Waals surface area contributed by atoms with Crippen molar-refractivity contribution >= 4 is 23.1 Å². The van der Waals surface area contributed by atoms with Crippen LogP contribution in [0, 0.1) is 0 Å². The molecule has 0 bridgehead atoms. The molecule has 7 nitrogen and oxygen atoms in total. The molecule has 168 valence electrons. The summed E-state index contributed by atoms with van der Waals surface area (Å²) in [5.74, 6) is 1.29. The number of allylic oxidation sites excluding steroid dienone is 1. The van der Waals surface area contributed by atoms with Gasteiger partial charge in [0, 0.05) is 62.2 Å². The molecule has 5 rings (SSSR count). The molecule has 2 aromatic rings. The van der Waals surface area contributed by atoms with Crippen molar-refractivity contribution in [2.75, 3.05) is 44.2 Å². The van der Waals surface area contributed by atoms with Crippen molar-refractivity contribution < 1.29 is 4.79 Å². The van der Waals surface area contributed by atoms with Crippen molar-refractivity contribution in [2.45, 2.75) is 39.0 Å². The third-order valence-electron chi connectivity index (χ3n) is 6.98. The number of aromatic nitrogens is 2. The number of hydrogen-bond donors (Lipinski definition) is 1. The number of imidazole rings is 1. The molecule has 0 aliphatic carbocycles. The zero-order valence-corrected chi connectivity index (χ0v) is 19.0. The van der Waals surface area contributed by atoms with E-state index in [2.05, 4.69) is 64.5 Å².